The summed E-state index contributed by atoms with van der Waals surface area (Å²) in [6, 6.07) is 21.4. The summed E-state index contributed by atoms with van der Waals surface area (Å²) in [6.45, 7) is 6.72. The molecule has 1 aliphatic rings. The molecule has 3 nitrogen and oxygen atoms in total. The van der Waals surface area contributed by atoms with Crippen LogP contribution >= 0.6 is 0 Å². The second-order valence-corrected chi connectivity index (χ2v) is 7.08. The molecule has 0 aromatic heterocycles. The van der Waals surface area contributed by atoms with Gasteiger partial charge < -0.3 is 14.9 Å². The van der Waals surface area contributed by atoms with Crippen molar-refractivity contribution in [3.63, 3.8) is 0 Å². The van der Waals surface area contributed by atoms with Crippen molar-refractivity contribution in [2.75, 3.05) is 45.9 Å². The number of benzene rings is 2. The Morgan fingerprint density at radius 3 is 1.85 bits per heavy atom. The number of nitrogens with one attached hydrogen (secondary N) is 2. The van der Waals surface area contributed by atoms with Crippen molar-refractivity contribution >= 4 is 0 Å². The van der Waals surface area contributed by atoms with Crippen molar-refractivity contribution in [1.29, 1.82) is 0 Å². The summed E-state index contributed by atoms with van der Waals surface area (Å²) in [4.78, 5) is 3.10. The van der Waals surface area contributed by atoms with E-state index in [0.29, 0.717) is 12.5 Å². The zero-order valence-corrected chi connectivity index (χ0v) is 15.5. The number of aliphatic hydroxyl groups excluding tert-OH is 1. The largest absolute Gasteiger partial charge is 0.391 e. The van der Waals surface area contributed by atoms with Crippen LogP contribution in [-0.4, -0.2) is 51.0 Å². The molecule has 3 N–H and O–H groups in total. The predicted molar refractivity (Wildman–Crippen MR) is 105 cm³/mol. The molecular weight excluding hydrogens is 320 g/mol. The molecule has 0 atom stereocenters. The quantitative estimate of drug-likeness (QED) is 0.629. The molecule has 1 aliphatic heterocycles. The minimum atomic E-state index is 0.296. The molecule has 26 heavy (non-hydrogen) atoms. The van der Waals surface area contributed by atoms with Gasteiger partial charge in [-0.2, -0.15) is 0 Å². The minimum absolute atomic E-state index is 0.296. The molecular formula is C23H30N2O+2. The van der Waals surface area contributed by atoms with Gasteiger partial charge in [0, 0.05) is 12.3 Å². The third-order valence-corrected chi connectivity index (χ3v) is 5.30. The molecule has 136 valence electrons. The van der Waals surface area contributed by atoms with Gasteiger partial charge in [-0.3, -0.25) is 0 Å². The van der Waals surface area contributed by atoms with Crippen LogP contribution in [0.5, 0.6) is 0 Å². The molecule has 0 amide bonds. The van der Waals surface area contributed by atoms with E-state index in [-0.39, 0.29) is 0 Å². The molecule has 3 rings (SSSR count). The Morgan fingerprint density at radius 1 is 0.769 bits per heavy atom. The molecule has 0 radical (unpaired) electrons. The topological polar surface area (TPSA) is 29.1 Å². The number of rotatable bonds is 6. The van der Waals surface area contributed by atoms with Gasteiger partial charge in [0.1, 0.15) is 39.3 Å². The van der Waals surface area contributed by atoms with Gasteiger partial charge in [0.25, 0.3) is 0 Å². The third-order valence-electron chi connectivity index (χ3n) is 5.30. The summed E-state index contributed by atoms with van der Waals surface area (Å²) in [7, 11) is 0. The Balaban J connectivity index is 1.57. The van der Waals surface area contributed by atoms with Crippen molar-refractivity contribution in [2.24, 2.45) is 0 Å². The van der Waals surface area contributed by atoms with Crippen molar-refractivity contribution < 1.29 is 14.9 Å². The van der Waals surface area contributed by atoms with E-state index in [2.05, 4.69) is 72.5 Å². The molecule has 2 aromatic carbocycles. The molecule has 0 aliphatic carbocycles. The Morgan fingerprint density at radius 2 is 1.31 bits per heavy atom. The molecule has 3 heteroatoms. The molecule has 0 saturated carbocycles. The average molecular weight is 351 g/mol. The number of piperazine rings is 1. The number of hydrogen-bond acceptors (Lipinski definition) is 1. The first-order chi connectivity index (χ1) is 12.9. The summed E-state index contributed by atoms with van der Waals surface area (Å²) >= 11 is 0. The molecule has 0 bridgehead atoms. The normalized spacial score (nSPS) is 19.8. The summed E-state index contributed by atoms with van der Waals surface area (Å²) in [5.74, 6) is 7.21. The van der Waals surface area contributed by atoms with Crippen LogP contribution in [0.25, 0.3) is 0 Å². The van der Waals surface area contributed by atoms with Crippen LogP contribution in [0.3, 0.4) is 0 Å². The fraction of sp³-hybridized carbons (Fsp3) is 0.391. The van der Waals surface area contributed by atoms with Crippen LogP contribution < -0.4 is 9.80 Å². The third kappa shape index (κ3) is 5.44. The Labute approximate surface area is 157 Å². The molecule has 1 heterocycles. The van der Waals surface area contributed by atoms with Gasteiger partial charge in [0.15, 0.2) is 0 Å². The van der Waals surface area contributed by atoms with Crippen molar-refractivity contribution in [3.05, 3.63) is 71.8 Å². The van der Waals surface area contributed by atoms with Crippen LogP contribution in [0, 0.1) is 11.8 Å². The minimum Gasteiger partial charge on any atom is -0.391 e. The van der Waals surface area contributed by atoms with Crippen LogP contribution in [0.15, 0.2) is 60.7 Å². The van der Waals surface area contributed by atoms with Crippen LogP contribution in [-0.2, 0) is 0 Å². The first kappa shape index (κ1) is 18.7. The second kappa shape index (κ2) is 10.1. The fourth-order valence-electron chi connectivity index (χ4n) is 3.70. The SMILES string of the molecule is OCC[NH+]1CC[NH+](CC#CCC(c2ccccc2)c2ccccc2)CC1. The molecule has 0 unspecified atom stereocenters. The first-order valence-electron chi connectivity index (χ1n) is 9.70. The van der Waals surface area contributed by atoms with Crippen molar-refractivity contribution in [2.45, 2.75) is 12.3 Å². The lowest BCUT2D eigenvalue weighted by atomic mass is 9.89. The molecule has 0 spiro atoms. The highest BCUT2D eigenvalue weighted by Gasteiger charge is 2.21. The Hall–Kier alpha value is -2.12. The summed E-state index contributed by atoms with van der Waals surface area (Å²) in [6.07, 6.45) is 0.864. The Kier molecular flexibility index (Phi) is 7.27. The van der Waals surface area contributed by atoms with Gasteiger partial charge in [-0.05, 0) is 17.0 Å². The fourth-order valence-corrected chi connectivity index (χ4v) is 3.70. The van der Waals surface area contributed by atoms with Crippen molar-refractivity contribution in [1.82, 2.24) is 0 Å². The maximum Gasteiger partial charge on any atom is 0.139 e. The van der Waals surface area contributed by atoms with Crippen LogP contribution in [0.2, 0.25) is 0 Å². The summed E-state index contributed by atoms with van der Waals surface area (Å²) in [5, 5.41) is 9.05. The summed E-state index contributed by atoms with van der Waals surface area (Å²) < 4.78 is 0. The zero-order chi connectivity index (χ0) is 18.0. The standard InChI is InChI=1S/C23H28N2O/c26-20-19-25-17-15-24(16-18-25)14-8-7-13-23(21-9-3-1-4-10-21)22-11-5-2-6-12-22/h1-6,9-12,23,26H,13-20H2/p+2. The van der Waals surface area contributed by atoms with Gasteiger partial charge in [-0.15, -0.1) is 0 Å². The summed E-state index contributed by atoms with van der Waals surface area (Å²) in [5.41, 5.74) is 2.67. The lowest BCUT2D eigenvalue weighted by Crippen LogP contribution is -3.28. The van der Waals surface area contributed by atoms with E-state index < -0.39 is 0 Å². The van der Waals surface area contributed by atoms with Crippen LogP contribution in [0.4, 0.5) is 0 Å². The second-order valence-electron chi connectivity index (χ2n) is 7.08. The first-order valence-corrected chi connectivity index (χ1v) is 9.70. The van der Waals surface area contributed by atoms with Gasteiger partial charge in [0.05, 0.1) is 6.61 Å². The van der Waals surface area contributed by atoms with Gasteiger partial charge in [0.2, 0.25) is 0 Å². The van der Waals surface area contributed by atoms with Gasteiger partial charge in [-0.25, -0.2) is 0 Å². The number of hydrogen-bond donors (Lipinski definition) is 3. The molecule has 2 aromatic rings. The predicted octanol–water partition coefficient (Wildman–Crippen LogP) is -0.0123. The maximum atomic E-state index is 9.05. The van der Waals surface area contributed by atoms with E-state index in [1.165, 1.54) is 16.0 Å². The highest BCUT2D eigenvalue weighted by atomic mass is 16.3. The van der Waals surface area contributed by atoms with Crippen molar-refractivity contribution in [3.8, 4) is 11.8 Å². The van der Waals surface area contributed by atoms with E-state index in [4.69, 9.17) is 5.11 Å². The zero-order valence-electron chi connectivity index (χ0n) is 15.5. The maximum absolute atomic E-state index is 9.05. The van der Waals surface area contributed by atoms with E-state index in [9.17, 15) is 0 Å². The lowest BCUT2D eigenvalue weighted by molar-refractivity contribution is -1.01. The lowest BCUT2D eigenvalue weighted by Gasteiger charge is -2.28. The van der Waals surface area contributed by atoms with Gasteiger partial charge in [-0.1, -0.05) is 66.6 Å². The highest BCUT2D eigenvalue weighted by molar-refractivity contribution is 5.33. The highest BCUT2D eigenvalue weighted by Crippen LogP contribution is 2.27. The molecule has 1 fully saturated rings. The van der Waals surface area contributed by atoms with Gasteiger partial charge >= 0.3 is 0 Å². The van der Waals surface area contributed by atoms with E-state index in [1.54, 1.807) is 4.90 Å². The van der Waals surface area contributed by atoms with E-state index in [1.807, 2.05) is 0 Å². The average Bonchev–Trinajstić information content (AvgIpc) is 2.71. The monoisotopic (exact) mass is 350 g/mol. The Bertz CT molecular complexity index is 658. The number of quaternary nitrogens is 2. The number of aliphatic hydroxyl groups is 1. The molecule has 1 saturated heterocycles. The van der Waals surface area contributed by atoms with E-state index in [0.717, 1.165) is 45.7 Å². The van der Waals surface area contributed by atoms with E-state index >= 15 is 0 Å². The van der Waals surface area contributed by atoms with Crippen LogP contribution in [0.1, 0.15) is 23.5 Å². The smallest absolute Gasteiger partial charge is 0.139 e.